The van der Waals surface area contributed by atoms with Crippen LogP contribution in [0.5, 0.6) is 11.6 Å². The lowest BCUT2D eigenvalue weighted by Crippen LogP contribution is -2.32. The van der Waals surface area contributed by atoms with Gasteiger partial charge < -0.3 is 9.84 Å². The molecule has 1 aromatic heterocycles. The van der Waals surface area contributed by atoms with E-state index in [1.807, 2.05) is 6.92 Å². The molecule has 0 bridgehead atoms. The molecule has 27 heavy (non-hydrogen) atoms. The number of carbonyl (C=O) groups is 1. The molecule has 1 heterocycles. The van der Waals surface area contributed by atoms with E-state index in [0.29, 0.717) is 25.2 Å². The Morgan fingerprint density at radius 2 is 2.07 bits per heavy atom. The second kappa shape index (κ2) is 9.37. The highest BCUT2D eigenvalue weighted by atomic mass is 16.5. The lowest BCUT2D eigenvalue weighted by Gasteiger charge is -2.13. The molecule has 0 fully saturated rings. The van der Waals surface area contributed by atoms with E-state index in [4.69, 9.17) is 4.74 Å². The molecule has 0 spiro atoms. The van der Waals surface area contributed by atoms with E-state index < -0.39 is 17.1 Å². The summed E-state index contributed by atoms with van der Waals surface area (Å²) in [6, 6.07) is 6.59. The molecule has 2 aromatic rings. The zero-order valence-electron chi connectivity index (χ0n) is 15.2. The predicted octanol–water partition coefficient (Wildman–Crippen LogP) is 1.27. The van der Waals surface area contributed by atoms with Crippen molar-refractivity contribution < 1.29 is 14.6 Å². The molecular formula is C18H22N4O5. The number of hydrazone groups is 1. The number of benzene rings is 1. The molecule has 2 rings (SSSR count). The first-order chi connectivity index (χ1) is 13.0. The molecule has 3 N–H and O–H groups in total. The Labute approximate surface area is 155 Å². The van der Waals surface area contributed by atoms with Crippen molar-refractivity contribution in [2.75, 3.05) is 6.61 Å². The summed E-state index contributed by atoms with van der Waals surface area (Å²) >= 11 is 0. The largest absolute Gasteiger partial charge is 0.493 e. The van der Waals surface area contributed by atoms with E-state index in [-0.39, 0.29) is 17.2 Å². The number of rotatable bonds is 8. The van der Waals surface area contributed by atoms with Gasteiger partial charge in [-0.1, -0.05) is 25.5 Å². The molecule has 1 amide bonds. The number of nitrogens with one attached hydrogen (secondary N) is 2. The predicted molar refractivity (Wildman–Crippen MR) is 101 cm³/mol. The van der Waals surface area contributed by atoms with Gasteiger partial charge in [-0.05, 0) is 25.5 Å². The fourth-order valence-corrected chi connectivity index (χ4v) is 2.36. The maximum absolute atomic E-state index is 12.2. The van der Waals surface area contributed by atoms with E-state index in [1.54, 1.807) is 31.2 Å². The molecule has 0 saturated heterocycles. The first-order valence-corrected chi connectivity index (χ1v) is 8.62. The molecule has 0 aliphatic heterocycles. The number of ether oxygens (including phenoxy) is 1. The number of hydrogen-bond acceptors (Lipinski definition) is 6. The molecule has 144 valence electrons. The van der Waals surface area contributed by atoms with Crippen LogP contribution in [0, 0.1) is 0 Å². The van der Waals surface area contributed by atoms with Crippen LogP contribution >= 0.6 is 0 Å². The molecular weight excluding hydrogens is 352 g/mol. The number of unbranched alkanes of at least 4 members (excludes halogenated alkanes) is 1. The molecule has 9 nitrogen and oxygen atoms in total. The fraction of sp³-hybridized carbons (Fsp3) is 0.333. The van der Waals surface area contributed by atoms with Crippen molar-refractivity contribution in [1.29, 1.82) is 0 Å². The van der Waals surface area contributed by atoms with Crippen molar-refractivity contribution in [3.63, 3.8) is 0 Å². The molecule has 9 heteroatoms. The topological polar surface area (TPSA) is 126 Å². The van der Waals surface area contributed by atoms with Gasteiger partial charge in [0.25, 0.3) is 5.56 Å². The number of carbonyl (C=O) groups excluding carboxylic acids is 1. The first kappa shape index (κ1) is 20.0. The zero-order chi connectivity index (χ0) is 19.8. The third kappa shape index (κ3) is 4.84. The summed E-state index contributed by atoms with van der Waals surface area (Å²) in [4.78, 5) is 38.0. The van der Waals surface area contributed by atoms with Crippen molar-refractivity contribution in [2.45, 2.75) is 33.1 Å². The smallest absolute Gasteiger partial charge is 0.335 e. The van der Waals surface area contributed by atoms with Crippen molar-refractivity contribution in [1.82, 2.24) is 15.0 Å². The highest BCUT2D eigenvalue weighted by Crippen LogP contribution is 2.25. The Balaban J connectivity index is 2.43. The summed E-state index contributed by atoms with van der Waals surface area (Å²) in [5, 5.41) is 14.2. The summed E-state index contributed by atoms with van der Waals surface area (Å²) in [7, 11) is 0. The van der Waals surface area contributed by atoms with Crippen LogP contribution in [0.15, 0.2) is 39.0 Å². The second-order valence-electron chi connectivity index (χ2n) is 5.63. The summed E-state index contributed by atoms with van der Waals surface area (Å²) in [6.07, 6.45) is 2.88. The average molecular weight is 374 g/mol. The number of amides is 1. The molecule has 0 unspecified atom stereocenters. The number of hydrogen-bond donors (Lipinski definition) is 3. The minimum absolute atomic E-state index is 0.264. The minimum atomic E-state index is -0.825. The van der Waals surface area contributed by atoms with Crippen LogP contribution in [0.25, 0.3) is 5.69 Å². The highest BCUT2D eigenvalue weighted by Gasteiger charge is 2.17. The molecule has 0 radical (unpaired) electrons. The number of aromatic hydroxyl groups is 1. The molecule has 0 aliphatic rings. The number of aromatic amines is 1. The number of para-hydroxylation sites is 2. The van der Waals surface area contributed by atoms with Gasteiger partial charge in [-0.2, -0.15) is 5.10 Å². The normalized spacial score (nSPS) is 10.9. The third-order valence-electron chi connectivity index (χ3n) is 3.67. The van der Waals surface area contributed by atoms with Crippen LogP contribution in [0.4, 0.5) is 0 Å². The Morgan fingerprint density at radius 1 is 1.33 bits per heavy atom. The highest BCUT2D eigenvalue weighted by molar-refractivity contribution is 5.84. The third-order valence-corrected chi connectivity index (χ3v) is 3.67. The van der Waals surface area contributed by atoms with Crippen LogP contribution in [0.2, 0.25) is 0 Å². The van der Waals surface area contributed by atoms with Crippen molar-refractivity contribution in [3.8, 4) is 17.3 Å². The second-order valence-corrected chi connectivity index (χ2v) is 5.63. The maximum Gasteiger partial charge on any atom is 0.335 e. The van der Waals surface area contributed by atoms with E-state index in [0.717, 1.165) is 17.2 Å². The summed E-state index contributed by atoms with van der Waals surface area (Å²) in [5.41, 5.74) is 0.627. The fourth-order valence-electron chi connectivity index (χ4n) is 2.36. The Morgan fingerprint density at radius 3 is 2.78 bits per heavy atom. The van der Waals surface area contributed by atoms with Gasteiger partial charge in [-0.25, -0.2) is 14.8 Å². The van der Waals surface area contributed by atoms with Crippen LogP contribution in [0.3, 0.4) is 0 Å². The van der Waals surface area contributed by atoms with Crippen molar-refractivity contribution in [3.05, 3.63) is 50.7 Å². The first-order valence-electron chi connectivity index (χ1n) is 8.62. The van der Waals surface area contributed by atoms with Gasteiger partial charge in [0.15, 0.2) is 0 Å². The Hall–Kier alpha value is -3.36. The lowest BCUT2D eigenvalue weighted by molar-refractivity contribution is -0.121. The monoisotopic (exact) mass is 374 g/mol. The standard InChI is InChI=1S/C18H22N4O5/c1-3-5-10-15(23)21-19-11-12-16(24)20-18(26)22(17(12)25)13-8-6-7-9-14(13)27-4-2/h6-9,11,25H,3-5,10H2,1-2H3,(H,21,23)(H,20,24,26). The average Bonchev–Trinajstić information content (AvgIpc) is 2.64. The van der Waals surface area contributed by atoms with Gasteiger partial charge >= 0.3 is 5.69 Å². The Kier molecular flexibility index (Phi) is 6.93. The van der Waals surface area contributed by atoms with Crippen LogP contribution in [0.1, 0.15) is 38.7 Å². The van der Waals surface area contributed by atoms with Crippen LogP contribution < -0.4 is 21.4 Å². The van der Waals surface area contributed by atoms with Gasteiger partial charge in [0.2, 0.25) is 11.8 Å². The van der Waals surface area contributed by atoms with Crippen molar-refractivity contribution in [2.24, 2.45) is 5.10 Å². The van der Waals surface area contributed by atoms with E-state index >= 15 is 0 Å². The molecule has 0 atom stereocenters. The van der Waals surface area contributed by atoms with Crippen LogP contribution in [-0.2, 0) is 4.79 Å². The van der Waals surface area contributed by atoms with E-state index in [2.05, 4.69) is 15.5 Å². The zero-order valence-corrected chi connectivity index (χ0v) is 15.2. The van der Waals surface area contributed by atoms with Gasteiger partial charge in [0, 0.05) is 6.42 Å². The maximum atomic E-state index is 12.2. The number of H-pyrrole nitrogens is 1. The van der Waals surface area contributed by atoms with Crippen LogP contribution in [-0.4, -0.2) is 33.4 Å². The van der Waals surface area contributed by atoms with Gasteiger partial charge in [0.1, 0.15) is 11.3 Å². The van der Waals surface area contributed by atoms with Gasteiger partial charge in [-0.15, -0.1) is 0 Å². The number of aromatic nitrogens is 2. The minimum Gasteiger partial charge on any atom is -0.493 e. The summed E-state index contributed by atoms with van der Waals surface area (Å²) in [6.45, 7) is 4.09. The Bertz CT molecular complexity index is 945. The summed E-state index contributed by atoms with van der Waals surface area (Å²) < 4.78 is 6.38. The van der Waals surface area contributed by atoms with E-state index in [1.165, 1.54) is 0 Å². The number of nitrogens with zero attached hydrogens (tertiary/aromatic N) is 2. The van der Waals surface area contributed by atoms with Crippen molar-refractivity contribution >= 4 is 12.1 Å². The van der Waals surface area contributed by atoms with Gasteiger partial charge in [-0.3, -0.25) is 14.6 Å². The molecule has 1 aromatic carbocycles. The van der Waals surface area contributed by atoms with Gasteiger partial charge in [0.05, 0.1) is 18.5 Å². The quantitative estimate of drug-likeness (QED) is 0.474. The lowest BCUT2D eigenvalue weighted by atomic mass is 10.2. The SMILES string of the molecule is CCCCC(=O)NN=Cc1c(O)n(-c2ccccc2OCC)c(=O)[nH]c1=O. The molecule has 0 saturated carbocycles. The molecule has 0 aliphatic carbocycles. The summed E-state index contributed by atoms with van der Waals surface area (Å²) in [5.74, 6) is -0.554. The van der Waals surface area contributed by atoms with E-state index in [9.17, 15) is 19.5 Å².